The molecule has 1 fully saturated rings. The lowest BCUT2D eigenvalue weighted by Crippen LogP contribution is -2.52. The number of carboxylic acid groups (broad SMARTS) is 1. The molecule has 2 rings (SSSR count). The van der Waals surface area contributed by atoms with Crippen molar-refractivity contribution in [3.8, 4) is 5.75 Å². The highest BCUT2D eigenvalue weighted by Gasteiger charge is 2.45. The first kappa shape index (κ1) is 15.8. The van der Waals surface area contributed by atoms with E-state index in [1.54, 1.807) is 19.1 Å². The van der Waals surface area contributed by atoms with Gasteiger partial charge in [-0.25, -0.2) is 8.42 Å². The van der Waals surface area contributed by atoms with E-state index in [4.69, 9.17) is 4.74 Å². The summed E-state index contributed by atoms with van der Waals surface area (Å²) in [5, 5.41) is 9.40. The van der Waals surface area contributed by atoms with E-state index in [1.807, 2.05) is 0 Å². The summed E-state index contributed by atoms with van der Waals surface area (Å²) in [6, 6.07) is 4.78. The lowest BCUT2D eigenvalue weighted by atomic mass is 10.0. The molecule has 0 heterocycles. The molecular formula is C14H19NO5S. The van der Waals surface area contributed by atoms with Gasteiger partial charge in [0, 0.05) is 0 Å². The second-order valence-corrected chi connectivity index (χ2v) is 7.01. The van der Waals surface area contributed by atoms with Crippen LogP contribution in [0.5, 0.6) is 5.75 Å². The molecule has 2 N–H and O–H groups in total. The average Bonchev–Trinajstić information content (AvgIpc) is 2.88. The van der Waals surface area contributed by atoms with E-state index >= 15 is 0 Å². The van der Waals surface area contributed by atoms with Crippen LogP contribution in [0.15, 0.2) is 23.1 Å². The molecule has 0 amide bonds. The van der Waals surface area contributed by atoms with Crippen molar-refractivity contribution in [1.82, 2.24) is 4.72 Å². The van der Waals surface area contributed by atoms with Crippen molar-refractivity contribution in [2.24, 2.45) is 0 Å². The van der Waals surface area contributed by atoms with E-state index < -0.39 is 21.5 Å². The lowest BCUT2D eigenvalue weighted by molar-refractivity contribution is -0.143. The summed E-state index contributed by atoms with van der Waals surface area (Å²) in [4.78, 5) is 11.5. The minimum Gasteiger partial charge on any atom is -0.495 e. The van der Waals surface area contributed by atoms with Crippen molar-refractivity contribution < 1.29 is 23.1 Å². The lowest BCUT2D eigenvalue weighted by Gasteiger charge is -2.25. The average molecular weight is 313 g/mol. The first-order valence-electron chi connectivity index (χ1n) is 6.73. The Hall–Kier alpha value is -1.60. The molecule has 1 aromatic carbocycles. The van der Waals surface area contributed by atoms with Crippen LogP contribution in [-0.2, 0) is 14.8 Å². The number of carboxylic acids is 1. The SMILES string of the molecule is COc1ccc(C)cc1S(=O)(=O)NC1(C(=O)O)CCCC1. The van der Waals surface area contributed by atoms with Gasteiger partial charge in [-0.1, -0.05) is 18.9 Å². The third-order valence-electron chi connectivity index (χ3n) is 3.80. The van der Waals surface area contributed by atoms with E-state index in [0.29, 0.717) is 25.7 Å². The predicted molar refractivity (Wildman–Crippen MR) is 76.9 cm³/mol. The third kappa shape index (κ3) is 3.03. The smallest absolute Gasteiger partial charge is 0.324 e. The first-order valence-corrected chi connectivity index (χ1v) is 8.21. The standard InChI is InChI=1S/C14H19NO5S/c1-10-5-6-11(20-2)12(9-10)21(18,19)15-14(13(16)17)7-3-4-8-14/h5-6,9,15H,3-4,7-8H2,1-2H3,(H,16,17). The minimum atomic E-state index is -3.97. The second kappa shape index (κ2) is 5.65. The summed E-state index contributed by atoms with van der Waals surface area (Å²) in [7, 11) is -2.59. The Kier molecular flexibility index (Phi) is 4.25. The zero-order chi connectivity index (χ0) is 15.7. The van der Waals surface area contributed by atoms with Crippen LogP contribution in [0, 0.1) is 6.92 Å². The molecule has 0 saturated heterocycles. The maximum atomic E-state index is 12.6. The van der Waals surface area contributed by atoms with Gasteiger partial charge in [0.05, 0.1) is 7.11 Å². The molecule has 0 spiro atoms. The van der Waals surface area contributed by atoms with Crippen LogP contribution < -0.4 is 9.46 Å². The number of methoxy groups -OCH3 is 1. The zero-order valence-corrected chi connectivity index (χ0v) is 12.9. The number of benzene rings is 1. The number of carbonyl (C=O) groups is 1. The molecule has 0 unspecified atom stereocenters. The highest BCUT2D eigenvalue weighted by molar-refractivity contribution is 7.89. The summed E-state index contributed by atoms with van der Waals surface area (Å²) in [5.41, 5.74) is -0.653. The molecule has 0 bridgehead atoms. The fraction of sp³-hybridized carbons (Fsp3) is 0.500. The summed E-state index contributed by atoms with van der Waals surface area (Å²) >= 11 is 0. The van der Waals surface area contributed by atoms with Crippen molar-refractivity contribution in [2.75, 3.05) is 7.11 Å². The third-order valence-corrected chi connectivity index (χ3v) is 5.36. The number of aliphatic carboxylic acids is 1. The number of sulfonamides is 1. The van der Waals surface area contributed by atoms with Crippen molar-refractivity contribution in [2.45, 2.75) is 43.0 Å². The first-order chi connectivity index (χ1) is 9.81. The van der Waals surface area contributed by atoms with E-state index in [2.05, 4.69) is 4.72 Å². The van der Waals surface area contributed by atoms with E-state index in [0.717, 1.165) is 5.56 Å². The van der Waals surface area contributed by atoms with Crippen LogP contribution >= 0.6 is 0 Å². The maximum absolute atomic E-state index is 12.6. The Balaban J connectivity index is 2.43. The molecular weight excluding hydrogens is 294 g/mol. The van der Waals surface area contributed by atoms with E-state index in [-0.39, 0.29) is 10.6 Å². The molecule has 21 heavy (non-hydrogen) atoms. The van der Waals surface area contributed by atoms with Crippen LogP contribution in [0.3, 0.4) is 0 Å². The highest BCUT2D eigenvalue weighted by Crippen LogP contribution is 2.33. The fourth-order valence-corrected chi connectivity index (χ4v) is 4.32. The Morgan fingerprint density at radius 2 is 1.95 bits per heavy atom. The molecule has 1 aliphatic carbocycles. The van der Waals surface area contributed by atoms with Crippen molar-refractivity contribution in [1.29, 1.82) is 0 Å². The molecule has 0 atom stereocenters. The van der Waals surface area contributed by atoms with Gasteiger partial charge < -0.3 is 9.84 Å². The quantitative estimate of drug-likeness (QED) is 0.862. The largest absolute Gasteiger partial charge is 0.495 e. The normalized spacial score (nSPS) is 17.6. The van der Waals surface area contributed by atoms with Gasteiger partial charge in [0.25, 0.3) is 0 Å². The van der Waals surface area contributed by atoms with Crippen LogP contribution in [0.4, 0.5) is 0 Å². The topological polar surface area (TPSA) is 92.7 Å². The predicted octanol–water partition coefficient (Wildman–Crippen LogP) is 1.68. The van der Waals surface area contributed by atoms with Crippen molar-refractivity contribution >= 4 is 16.0 Å². The van der Waals surface area contributed by atoms with Crippen molar-refractivity contribution in [3.63, 3.8) is 0 Å². The highest BCUT2D eigenvalue weighted by atomic mass is 32.2. The molecule has 7 heteroatoms. The Morgan fingerprint density at radius 1 is 1.33 bits per heavy atom. The summed E-state index contributed by atoms with van der Waals surface area (Å²) in [6.07, 6.45) is 1.99. The Bertz CT molecular complexity index is 647. The molecule has 1 aromatic rings. The van der Waals surface area contributed by atoms with Gasteiger partial charge in [0.15, 0.2) is 0 Å². The number of hydrogen-bond acceptors (Lipinski definition) is 4. The van der Waals surface area contributed by atoms with Crippen LogP contribution in [0.2, 0.25) is 0 Å². The number of rotatable bonds is 5. The van der Waals surface area contributed by atoms with Crippen LogP contribution in [0.25, 0.3) is 0 Å². The van der Waals surface area contributed by atoms with Crippen LogP contribution in [-0.4, -0.2) is 32.1 Å². The zero-order valence-electron chi connectivity index (χ0n) is 12.0. The molecule has 0 aliphatic heterocycles. The monoisotopic (exact) mass is 313 g/mol. The maximum Gasteiger partial charge on any atom is 0.324 e. The summed E-state index contributed by atoms with van der Waals surface area (Å²) < 4.78 is 32.6. The molecule has 1 saturated carbocycles. The van der Waals surface area contributed by atoms with E-state index in [9.17, 15) is 18.3 Å². The van der Waals surface area contributed by atoms with Crippen LogP contribution in [0.1, 0.15) is 31.2 Å². The summed E-state index contributed by atoms with van der Waals surface area (Å²) in [6.45, 7) is 1.76. The van der Waals surface area contributed by atoms with Gasteiger partial charge in [-0.2, -0.15) is 4.72 Å². The number of ether oxygens (including phenoxy) is 1. The fourth-order valence-electron chi connectivity index (χ4n) is 2.64. The van der Waals surface area contributed by atoms with Gasteiger partial charge in [-0.05, 0) is 37.5 Å². The second-order valence-electron chi connectivity index (χ2n) is 5.35. The van der Waals surface area contributed by atoms with Gasteiger partial charge in [-0.15, -0.1) is 0 Å². The molecule has 0 radical (unpaired) electrons. The van der Waals surface area contributed by atoms with Gasteiger partial charge in [0.1, 0.15) is 16.2 Å². The number of nitrogens with one attached hydrogen (secondary N) is 1. The van der Waals surface area contributed by atoms with Gasteiger partial charge in [-0.3, -0.25) is 4.79 Å². The number of hydrogen-bond donors (Lipinski definition) is 2. The van der Waals surface area contributed by atoms with Gasteiger partial charge in [0.2, 0.25) is 10.0 Å². The Morgan fingerprint density at radius 3 is 2.48 bits per heavy atom. The molecule has 6 nitrogen and oxygen atoms in total. The van der Waals surface area contributed by atoms with Crippen molar-refractivity contribution in [3.05, 3.63) is 23.8 Å². The molecule has 116 valence electrons. The number of aryl methyl sites for hydroxylation is 1. The molecule has 0 aromatic heterocycles. The molecule has 1 aliphatic rings. The summed E-state index contributed by atoms with van der Waals surface area (Å²) in [5.74, 6) is -0.929. The van der Waals surface area contributed by atoms with E-state index in [1.165, 1.54) is 13.2 Å². The van der Waals surface area contributed by atoms with Gasteiger partial charge >= 0.3 is 5.97 Å². The minimum absolute atomic E-state index is 0.0301. The Labute approximate surface area is 124 Å².